The molecule has 4 nitrogen and oxygen atoms in total. The molecule has 0 aliphatic carbocycles. The lowest BCUT2D eigenvalue weighted by molar-refractivity contribution is 0.586. The lowest BCUT2D eigenvalue weighted by Gasteiger charge is -2.03. The summed E-state index contributed by atoms with van der Waals surface area (Å²) in [6.07, 6.45) is 1.87. The quantitative estimate of drug-likeness (QED) is 0.498. The number of nitrogens with zero attached hydrogens (tertiary/aromatic N) is 3. The fourth-order valence-corrected chi connectivity index (χ4v) is 4.23. The van der Waals surface area contributed by atoms with Gasteiger partial charge in [-0.1, -0.05) is 35.6 Å². The first-order valence-electron chi connectivity index (χ1n) is 8.20. The summed E-state index contributed by atoms with van der Waals surface area (Å²) in [6.45, 7) is 3.16. The molecule has 0 saturated carbocycles. The van der Waals surface area contributed by atoms with E-state index in [1.165, 1.54) is 10.9 Å². The van der Waals surface area contributed by atoms with Crippen LogP contribution in [0.1, 0.15) is 16.1 Å². The fourth-order valence-electron chi connectivity index (χ4n) is 2.66. The largest absolute Gasteiger partial charge is 0.357 e. The zero-order valence-corrected chi connectivity index (χ0v) is 15.8. The summed E-state index contributed by atoms with van der Waals surface area (Å²) in [7, 11) is 0. The molecule has 132 valence electrons. The molecular formula is C19H17FN4S2. The third-order valence-electron chi connectivity index (χ3n) is 3.95. The first kappa shape index (κ1) is 16.9. The number of thiazole rings is 1. The van der Waals surface area contributed by atoms with Crippen molar-refractivity contribution in [2.45, 2.75) is 20.0 Å². The summed E-state index contributed by atoms with van der Waals surface area (Å²) >= 11 is 3.31. The van der Waals surface area contributed by atoms with E-state index in [0.29, 0.717) is 12.1 Å². The second-order valence-electron chi connectivity index (χ2n) is 5.86. The number of rotatable bonds is 6. The number of nitrogens with one attached hydrogen (secondary N) is 1. The average molecular weight is 385 g/mol. The minimum atomic E-state index is -0.210. The van der Waals surface area contributed by atoms with Crippen molar-refractivity contribution in [1.29, 1.82) is 0 Å². The summed E-state index contributed by atoms with van der Waals surface area (Å²) in [5.74, 6) is -0.210. The number of benzene rings is 1. The molecule has 4 aromatic rings. The number of aryl methyl sites for hydroxylation is 1. The summed E-state index contributed by atoms with van der Waals surface area (Å²) in [4.78, 5) is 6.90. The molecule has 0 aliphatic heterocycles. The van der Waals surface area contributed by atoms with Crippen LogP contribution in [0.25, 0.3) is 10.6 Å². The third kappa shape index (κ3) is 3.68. The maximum absolute atomic E-state index is 13.8. The van der Waals surface area contributed by atoms with Gasteiger partial charge in [0.2, 0.25) is 0 Å². The van der Waals surface area contributed by atoms with Gasteiger partial charge >= 0.3 is 0 Å². The maximum Gasteiger partial charge on any atom is 0.183 e. The zero-order valence-electron chi connectivity index (χ0n) is 14.1. The monoisotopic (exact) mass is 384 g/mol. The Morgan fingerprint density at radius 2 is 2.04 bits per heavy atom. The highest BCUT2D eigenvalue weighted by molar-refractivity contribution is 7.19. The summed E-state index contributed by atoms with van der Waals surface area (Å²) in [5.41, 5.74) is 2.43. The standard InChI is InChI=1S/C19H17FN4S2/c1-13-18(26-19(22-13)21-11-15-6-4-10-25-15)17-8-9-24(23-17)12-14-5-2-3-7-16(14)20/h2-10H,11-12H2,1H3,(H,21,22). The highest BCUT2D eigenvalue weighted by Gasteiger charge is 2.13. The van der Waals surface area contributed by atoms with Crippen molar-refractivity contribution < 1.29 is 4.39 Å². The second-order valence-corrected chi connectivity index (χ2v) is 7.89. The van der Waals surface area contributed by atoms with Crippen LogP contribution in [0.2, 0.25) is 0 Å². The van der Waals surface area contributed by atoms with E-state index in [4.69, 9.17) is 0 Å². The van der Waals surface area contributed by atoms with Crippen LogP contribution in [0, 0.1) is 12.7 Å². The first-order chi connectivity index (χ1) is 12.7. The molecule has 1 aromatic carbocycles. The molecule has 1 N–H and O–H groups in total. The van der Waals surface area contributed by atoms with Crippen molar-refractivity contribution in [1.82, 2.24) is 14.8 Å². The van der Waals surface area contributed by atoms with Crippen molar-refractivity contribution in [2.75, 3.05) is 5.32 Å². The van der Waals surface area contributed by atoms with Gasteiger partial charge in [0.15, 0.2) is 5.13 Å². The van der Waals surface area contributed by atoms with Crippen LogP contribution in [-0.4, -0.2) is 14.8 Å². The predicted molar refractivity (Wildman–Crippen MR) is 105 cm³/mol. The molecule has 7 heteroatoms. The minimum absolute atomic E-state index is 0.210. The minimum Gasteiger partial charge on any atom is -0.357 e. The van der Waals surface area contributed by atoms with E-state index in [1.54, 1.807) is 39.5 Å². The van der Waals surface area contributed by atoms with Gasteiger partial charge in [0.05, 0.1) is 23.7 Å². The second kappa shape index (κ2) is 7.39. The lowest BCUT2D eigenvalue weighted by Crippen LogP contribution is -2.02. The molecule has 0 radical (unpaired) electrons. The van der Waals surface area contributed by atoms with Gasteiger partial charge in [0.25, 0.3) is 0 Å². The summed E-state index contributed by atoms with van der Waals surface area (Å²) in [5, 5.41) is 10.9. The van der Waals surface area contributed by atoms with Crippen LogP contribution in [0.4, 0.5) is 9.52 Å². The van der Waals surface area contributed by atoms with Gasteiger partial charge in [0.1, 0.15) is 11.5 Å². The Labute approximate surface area is 159 Å². The van der Waals surface area contributed by atoms with Gasteiger partial charge in [-0.05, 0) is 30.5 Å². The molecule has 0 atom stereocenters. The van der Waals surface area contributed by atoms with Gasteiger partial charge in [-0.2, -0.15) is 5.10 Å². The molecule has 0 fully saturated rings. The zero-order chi connectivity index (χ0) is 17.9. The topological polar surface area (TPSA) is 42.7 Å². The number of thiophene rings is 1. The number of aromatic nitrogens is 3. The van der Waals surface area contributed by atoms with Crippen molar-refractivity contribution in [2.24, 2.45) is 0 Å². The Bertz CT molecular complexity index is 1000. The first-order valence-corrected chi connectivity index (χ1v) is 9.89. The van der Waals surface area contributed by atoms with E-state index in [2.05, 4.69) is 26.8 Å². The molecule has 3 heterocycles. The summed E-state index contributed by atoms with van der Waals surface area (Å²) < 4.78 is 15.6. The molecule has 0 bridgehead atoms. The highest BCUT2D eigenvalue weighted by Crippen LogP contribution is 2.32. The van der Waals surface area contributed by atoms with Crippen molar-refractivity contribution >= 4 is 27.8 Å². The van der Waals surface area contributed by atoms with Gasteiger partial charge in [-0.15, -0.1) is 11.3 Å². The summed E-state index contributed by atoms with van der Waals surface area (Å²) in [6, 6.07) is 12.9. The van der Waals surface area contributed by atoms with Gasteiger partial charge < -0.3 is 5.32 Å². The van der Waals surface area contributed by atoms with Crippen LogP contribution in [-0.2, 0) is 13.1 Å². The van der Waals surface area contributed by atoms with Crippen LogP contribution in [0.3, 0.4) is 0 Å². The molecule has 0 unspecified atom stereocenters. The molecule has 0 saturated heterocycles. The fraction of sp³-hybridized carbons (Fsp3) is 0.158. The molecule has 0 spiro atoms. The maximum atomic E-state index is 13.8. The molecular weight excluding hydrogens is 367 g/mol. The molecule has 26 heavy (non-hydrogen) atoms. The third-order valence-corrected chi connectivity index (χ3v) is 5.97. The van der Waals surface area contributed by atoms with E-state index in [0.717, 1.165) is 27.9 Å². The van der Waals surface area contributed by atoms with E-state index in [9.17, 15) is 4.39 Å². The molecule has 3 aromatic heterocycles. The van der Waals surface area contributed by atoms with E-state index < -0.39 is 0 Å². The van der Waals surface area contributed by atoms with Crippen LogP contribution in [0.5, 0.6) is 0 Å². The molecule has 0 aliphatic rings. The van der Waals surface area contributed by atoms with Crippen LogP contribution >= 0.6 is 22.7 Å². The van der Waals surface area contributed by atoms with E-state index in [1.807, 2.05) is 31.3 Å². The highest BCUT2D eigenvalue weighted by atomic mass is 32.1. The number of anilines is 1. The van der Waals surface area contributed by atoms with Crippen molar-refractivity contribution in [3.63, 3.8) is 0 Å². The molecule has 0 amide bonds. The number of hydrogen-bond acceptors (Lipinski definition) is 5. The number of hydrogen-bond donors (Lipinski definition) is 1. The lowest BCUT2D eigenvalue weighted by atomic mass is 10.2. The Kier molecular flexibility index (Phi) is 4.81. The predicted octanol–water partition coefficient (Wildman–Crippen LogP) is 5.18. The normalized spacial score (nSPS) is 11.0. The van der Waals surface area contributed by atoms with Crippen molar-refractivity contribution in [3.05, 3.63) is 76.0 Å². The Morgan fingerprint density at radius 3 is 2.85 bits per heavy atom. The van der Waals surface area contributed by atoms with E-state index in [-0.39, 0.29) is 5.82 Å². The Morgan fingerprint density at radius 1 is 1.15 bits per heavy atom. The van der Waals surface area contributed by atoms with Crippen LogP contribution < -0.4 is 5.32 Å². The van der Waals surface area contributed by atoms with Gasteiger partial charge in [-0.25, -0.2) is 9.37 Å². The molecule has 4 rings (SSSR count). The Hall–Kier alpha value is -2.51. The van der Waals surface area contributed by atoms with Gasteiger partial charge in [0, 0.05) is 16.6 Å². The van der Waals surface area contributed by atoms with Crippen molar-refractivity contribution in [3.8, 4) is 10.6 Å². The van der Waals surface area contributed by atoms with Crippen LogP contribution in [0.15, 0.2) is 54.0 Å². The average Bonchev–Trinajstić information content (AvgIpc) is 3.36. The Balaban J connectivity index is 1.49. The van der Waals surface area contributed by atoms with Gasteiger partial charge in [-0.3, -0.25) is 4.68 Å². The smallest absolute Gasteiger partial charge is 0.183 e. The van der Waals surface area contributed by atoms with E-state index >= 15 is 0 Å². The SMILES string of the molecule is Cc1nc(NCc2cccs2)sc1-c1ccn(Cc2ccccc2F)n1. The number of halogens is 1.